The van der Waals surface area contributed by atoms with Crippen LogP contribution in [0, 0.1) is 0 Å². The molecule has 1 aliphatic rings. The number of nitrogens with one attached hydrogen (secondary N) is 1. The molecule has 0 fully saturated rings. The van der Waals surface area contributed by atoms with E-state index in [0.717, 1.165) is 16.3 Å². The number of amides is 3. The average molecular weight is 520 g/mol. The molecule has 2 atom stereocenters. The number of hydrogen-bond donors (Lipinski definition) is 1. The lowest BCUT2D eigenvalue weighted by molar-refractivity contribution is -0.141. The molecule has 1 heterocycles. The van der Waals surface area contributed by atoms with Crippen LogP contribution in [0.4, 0.5) is 0 Å². The molecule has 0 unspecified atom stereocenters. The number of halogens is 1. The zero-order valence-corrected chi connectivity index (χ0v) is 21.6. The fourth-order valence-corrected chi connectivity index (χ4v) is 5.54. The maximum absolute atomic E-state index is 13.2. The summed E-state index contributed by atoms with van der Waals surface area (Å²) in [6, 6.07) is 12.3. The van der Waals surface area contributed by atoms with Crippen molar-refractivity contribution in [3.63, 3.8) is 0 Å². The van der Waals surface area contributed by atoms with Crippen LogP contribution >= 0.6 is 11.6 Å². The minimum absolute atomic E-state index is 0.0176. The SMILES string of the molecule is CC[C@@H](C)NC(=O)[C@@H](C)N(Cc1ccc(Cl)cc1)C(=O)CCCN1C(=O)c2ccccc2S1(=O)=O. The standard InChI is InChI=1S/C25H30ClN3O5S/c1-4-17(2)27-24(31)18(3)28(16-19-11-13-20(26)14-12-19)23(30)10-7-15-29-25(32)21-8-5-6-9-22(21)35(29,33)34/h5-6,8-9,11-14,17-18H,4,7,10,15-16H2,1-3H3,(H,27,31)/t17-,18-/m1/s1. The highest BCUT2D eigenvalue weighted by Crippen LogP contribution is 2.30. The Morgan fingerprint density at radius 1 is 1.09 bits per heavy atom. The van der Waals surface area contributed by atoms with Crippen molar-refractivity contribution in [2.24, 2.45) is 0 Å². The molecule has 1 aliphatic heterocycles. The van der Waals surface area contributed by atoms with Gasteiger partial charge < -0.3 is 10.2 Å². The maximum Gasteiger partial charge on any atom is 0.269 e. The maximum atomic E-state index is 13.2. The van der Waals surface area contributed by atoms with Crippen LogP contribution in [0.5, 0.6) is 0 Å². The van der Waals surface area contributed by atoms with Crippen LogP contribution in [0.1, 0.15) is 56.0 Å². The molecule has 3 amide bonds. The molecule has 0 saturated heterocycles. The van der Waals surface area contributed by atoms with Gasteiger partial charge in [0.2, 0.25) is 11.8 Å². The van der Waals surface area contributed by atoms with Crippen molar-refractivity contribution < 1.29 is 22.8 Å². The first-order valence-corrected chi connectivity index (χ1v) is 13.4. The molecule has 8 nitrogen and oxygen atoms in total. The minimum Gasteiger partial charge on any atom is -0.352 e. The lowest BCUT2D eigenvalue weighted by Crippen LogP contribution is -2.49. The van der Waals surface area contributed by atoms with E-state index >= 15 is 0 Å². The molecular formula is C25H30ClN3O5S. The van der Waals surface area contributed by atoms with Crippen LogP contribution in [0.15, 0.2) is 53.4 Å². The van der Waals surface area contributed by atoms with E-state index in [-0.39, 0.29) is 54.2 Å². The first-order valence-electron chi connectivity index (χ1n) is 11.6. The van der Waals surface area contributed by atoms with Crippen LogP contribution in [0.3, 0.4) is 0 Å². The van der Waals surface area contributed by atoms with Gasteiger partial charge in [-0.05, 0) is 56.5 Å². The van der Waals surface area contributed by atoms with Crippen molar-refractivity contribution in [3.05, 3.63) is 64.7 Å². The first-order chi connectivity index (χ1) is 16.6. The number of rotatable bonds is 10. The Balaban J connectivity index is 1.71. The largest absolute Gasteiger partial charge is 0.352 e. The van der Waals surface area contributed by atoms with E-state index in [4.69, 9.17) is 11.6 Å². The summed E-state index contributed by atoms with van der Waals surface area (Å²) in [6.45, 7) is 5.58. The Kier molecular flexibility index (Phi) is 8.56. The van der Waals surface area contributed by atoms with E-state index in [9.17, 15) is 22.8 Å². The summed E-state index contributed by atoms with van der Waals surface area (Å²) >= 11 is 5.97. The molecule has 0 radical (unpaired) electrons. The Morgan fingerprint density at radius 2 is 1.74 bits per heavy atom. The molecule has 2 aromatic rings. The van der Waals surface area contributed by atoms with Gasteiger partial charge in [-0.1, -0.05) is 42.8 Å². The highest BCUT2D eigenvalue weighted by Gasteiger charge is 2.40. The third-order valence-corrected chi connectivity index (χ3v) is 8.19. The zero-order chi connectivity index (χ0) is 25.8. The third-order valence-electron chi connectivity index (χ3n) is 6.10. The van der Waals surface area contributed by atoms with E-state index in [1.54, 1.807) is 43.3 Å². The Hall–Kier alpha value is -2.91. The van der Waals surface area contributed by atoms with Gasteiger partial charge in [0, 0.05) is 30.6 Å². The summed E-state index contributed by atoms with van der Waals surface area (Å²) in [5.74, 6) is -1.17. The Labute approximate surface area is 211 Å². The molecule has 0 aliphatic carbocycles. The molecule has 35 heavy (non-hydrogen) atoms. The molecule has 10 heteroatoms. The predicted octanol–water partition coefficient (Wildman–Crippen LogP) is 3.60. The average Bonchev–Trinajstić information content (AvgIpc) is 3.03. The number of benzene rings is 2. The highest BCUT2D eigenvalue weighted by molar-refractivity contribution is 7.90. The number of carbonyl (C=O) groups excluding carboxylic acids is 3. The zero-order valence-electron chi connectivity index (χ0n) is 20.0. The summed E-state index contributed by atoms with van der Waals surface area (Å²) < 4.78 is 26.3. The summed E-state index contributed by atoms with van der Waals surface area (Å²) in [7, 11) is -3.93. The van der Waals surface area contributed by atoms with Gasteiger partial charge in [-0.3, -0.25) is 14.4 Å². The lowest BCUT2D eigenvalue weighted by atomic mass is 10.1. The van der Waals surface area contributed by atoms with Crippen molar-refractivity contribution in [1.29, 1.82) is 0 Å². The minimum atomic E-state index is -3.93. The highest BCUT2D eigenvalue weighted by atomic mass is 35.5. The van der Waals surface area contributed by atoms with Gasteiger partial charge in [0.05, 0.1) is 5.56 Å². The molecule has 0 aromatic heterocycles. The molecule has 1 N–H and O–H groups in total. The van der Waals surface area contributed by atoms with Gasteiger partial charge in [0.25, 0.3) is 15.9 Å². The van der Waals surface area contributed by atoms with Gasteiger partial charge in [-0.25, -0.2) is 12.7 Å². The second-order valence-corrected chi connectivity index (χ2v) is 10.9. The lowest BCUT2D eigenvalue weighted by Gasteiger charge is -2.30. The number of sulfonamides is 1. The third kappa shape index (κ3) is 6.02. The molecule has 188 valence electrons. The van der Waals surface area contributed by atoms with Gasteiger partial charge in [-0.2, -0.15) is 0 Å². The van der Waals surface area contributed by atoms with Crippen LogP contribution < -0.4 is 5.32 Å². The van der Waals surface area contributed by atoms with Crippen molar-refractivity contribution in [3.8, 4) is 0 Å². The number of hydrogen-bond acceptors (Lipinski definition) is 5. The van der Waals surface area contributed by atoms with Crippen molar-refractivity contribution >= 4 is 39.3 Å². The normalized spacial score (nSPS) is 15.9. The Morgan fingerprint density at radius 3 is 2.37 bits per heavy atom. The quantitative estimate of drug-likeness (QED) is 0.516. The molecule has 0 spiro atoms. The van der Waals surface area contributed by atoms with E-state index in [1.165, 1.54) is 17.0 Å². The topological polar surface area (TPSA) is 104 Å². The van der Waals surface area contributed by atoms with Crippen LogP contribution in [0.25, 0.3) is 0 Å². The summed E-state index contributed by atoms with van der Waals surface area (Å²) in [4.78, 5) is 40.1. The van der Waals surface area contributed by atoms with E-state index < -0.39 is 22.0 Å². The summed E-state index contributed by atoms with van der Waals surface area (Å²) in [5.41, 5.74) is 0.942. The van der Waals surface area contributed by atoms with Crippen LogP contribution in [-0.2, 0) is 26.2 Å². The second kappa shape index (κ2) is 11.2. The Bertz CT molecular complexity index is 1200. The predicted molar refractivity (Wildman–Crippen MR) is 133 cm³/mol. The number of carbonyl (C=O) groups is 3. The molecular weight excluding hydrogens is 490 g/mol. The van der Waals surface area contributed by atoms with E-state index in [2.05, 4.69) is 5.32 Å². The second-order valence-electron chi connectivity index (χ2n) is 8.62. The van der Waals surface area contributed by atoms with Crippen LogP contribution in [-0.4, -0.2) is 54.0 Å². The van der Waals surface area contributed by atoms with Crippen molar-refractivity contribution in [1.82, 2.24) is 14.5 Å². The van der Waals surface area contributed by atoms with Gasteiger partial charge in [-0.15, -0.1) is 0 Å². The fourth-order valence-electron chi connectivity index (χ4n) is 3.80. The van der Waals surface area contributed by atoms with Gasteiger partial charge in [0.15, 0.2) is 0 Å². The van der Waals surface area contributed by atoms with Crippen molar-refractivity contribution in [2.75, 3.05) is 6.54 Å². The molecule has 3 rings (SSSR count). The summed E-state index contributed by atoms with van der Waals surface area (Å²) in [6.07, 6.45) is 0.864. The van der Waals surface area contributed by atoms with E-state index in [0.29, 0.717) is 5.02 Å². The monoisotopic (exact) mass is 519 g/mol. The van der Waals surface area contributed by atoms with E-state index in [1.807, 2.05) is 13.8 Å². The smallest absolute Gasteiger partial charge is 0.269 e. The number of nitrogens with zero attached hydrogens (tertiary/aromatic N) is 2. The van der Waals surface area contributed by atoms with Crippen LogP contribution in [0.2, 0.25) is 5.02 Å². The van der Waals surface area contributed by atoms with Crippen molar-refractivity contribution in [2.45, 2.75) is 63.6 Å². The fraction of sp³-hybridized carbons (Fsp3) is 0.400. The summed E-state index contributed by atoms with van der Waals surface area (Å²) in [5, 5.41) is 3.46. The number of fused-ring (bicyclic) bond motifs is 1. The molecule has 2 aromatic carbocycles. The molecule has 0 bridgehead atoms. The first kappa shape index (κ1) is 26.7. The van der Waals surface area contributed by atoms with Gasteiger partial charge in [0.1, 0.15) is 10.9 Å². The molecule has 0 saturated carbocycles. The van der Waals surface area contributed by atoms with Gasteiger partial charge >= 0.3 is 0 Å².